The van der Waals surface area contributed by atoms with Gasteiger partial charge in [0.25, 0.3) is 5.91 Å². The molecule has 5 nitrogen and oxygen atoms in total. The second-order valence-corrected chi connectivity index (χ2v) is 3.57. The number of aromatic amines is 1. The van der Waals surface area contributed by atoms with Crippen LogP contribution in [0.15, 0.2) is 35.1 Å². The summed E-state index contributed by atoms with van der Waals surface area (Å²) in [4.78, 5) is 25.8. The van der Waals surface area contributed by atoms with Gasteiger partial charge in [0, 0.05) is 23.5 Å². The van der Waals surface area contributed by atoms with Gasteiger partial charge in [-0.2, -0.15) is 0 Å². The first kappa shape index (κ1) is 11.3. The molecule has 1 aromatic heterocycles. The van der Waals surface area contributed by atoms with Gasteiger partial charge in [0.15, 0.2) is 0 Å². The fourth-order valence-electron chi connectivity index (χ4n) is 1.66. The molecule has 0 saturated heterocycles. The summed E-state index contributed by atoms with van der Waals surface area (Å²) in [5, 5.41) is 11.9. The van der Waals surface area contributed by atoms with Gasteiger partial charge in [0.2, 0.25) is 5.56 Å². The number of hydrogen-bond acceptors (Lipinski definition) is 3. The Balaban J connectivity index is 2.52. The van der Waals surface area contributed by atoms with Crippen molar-refractivity contribution >= 4 is 16.8 Å². The van der Waals surface area contributed by atoms with Crippen molar-refractivity contribution in [1.29, 1.82) is 0 Å². The molecule has 0 fully saturated rings. The molecule has 0 aliphatic carbocycles. The Morgan fingerprint density at radius 2 is 2.12 bits per heavy atom. The second kappa shape index (κ2) is 4.80. The number of aliphatic hydroxyl groups is 1. The van der Waals surface area contributed by atoms with Gasteiger partial charge in [-0.25, -0.2) is 0 Å². The largest absolute Gasteiger partial charge is 0.395 e. The van der Waals surface area contributed by atoms with Gasteiger partial charge in [0.05, 0.1) is 12.2 Å². The van der Waals surface area contributed by atoms with Crippen LogP contribution in [-0.2, 0) is 0 Å². The molecule has 0 radical (unpaired) electrons. The Morgan fingerprint density at radius 1 is 1.35 bits per heavy atom. The summed E-state index contributed by atoms with van der Waals surface area (Å²) in [5.74, 6) is -0.360. The summed E-state index contributed by atoms with van der Waals surface area (Å²) < 4.78 is 0. The van der Waals surface area contributed by atoms with Crippen molar-refractivity contribution in [2.45, 2.75) is 0 Å². The number of fused-ring (bicyclic) bond motifs is 1. The molecule has 5 heteroatoms. The first-order chi connectivity index (χ1) is 8.22. The molecule has 0 spiro atoms. The molecular weight excluding hydrogens is 220 g/mol. The molecule has 1 amide bonds. The number of H-pyrrole nitrogens is 1. The summed E-state index contributed by atoms with van der Waals surface area (Å²) in [6, 6.07) is 8.34. The molecule has 0 aliphatic heterocycles. The van der Waals surface area contributed by atoms with Crippen LogP contribution in [0.1, 0.15) is 10.4 Å². The first-order valence-corrected chi connectivity index (χ1v) is 5.23. The highest BCUT2D eigenvalue weighted by Crippen LogP contribution is 2.13. The zero-order chi connectivity index (χ0) is 12.3. The zero-order valence-electron chi connectivity index (χ0n) is 9.06. The normalized spacial score (nSPS) is 10.4. The Labute approximate surface area is 97.1 Å². The summed E-state index contributed by atoms with van der Waals surface area (Å²) in [6.45, 7) is 0.0345. The average Bonchev–Trinajstić information content (AvgIpc) is 2.34. The predicted molar refractivity (Wildman–Crippen MR) is 64.0 cm³/mol. The molecule has 0 aliphatic rings. The summed E-state index contributed by atoms with van der Waals surface area (Å²) in [7, 11) is 0. The smallest absolute Gasteiger partial charge is 0.252 e. The highest BCUT2D eigenvalue weighted by molar-refractivity contribution is 6.05. The van der Waals surface area contributed by atoms with Gasteiger partial charge < -0.3 is 15.4 Å². The number of pyridine rings is 1. The summed E-state index contributed by atoms with van der Waals surface area (Å²) >= 11 is 0. The lowest BCUT2D eigenvalue weighted by Crippen LogP contribution is -2.27. The molecule has 0 atom stereocenters. The van der Waals surface area contributed by atoms with Crippen LogP contribution in [0.4, 0.5) is 0 Å². The Kier molecular flexibility index (Phi) is 3.20. The minimum absolute atomic E-state index is 0.132. The van der Waals surface area contributed by atoms with Crippen LogP contribution in [0, 0.1) is 0 Å². The number of carbonyl (C=O) groups excluding carboxylic acids is 1. The van der Waals surface area contributed by atoms with Gasteiger partial charge >= 0.3 is 0 Å². The van der Waals surface area contributed by atoms with Crippen molar-refractivity contribution in [2.24, 2.45) is 0 Å². The van der Waals surface area contributed by atoms with Crippen molar-refractivity contribution < 1.29 is 9.90 Å². The van der Waals surface area contributed by atoms with Gasteiger partial charge in [-0.3, -0.25) is 9.59 Å². The lowest BCUT2D eigenvalue weighted by atomic mass is 10.1. The Morgan fingerprint density at radius 3 is 2.88 bits per heavy atom. The molecule has 1 aromatic carbocycles. The molecule has 17 heavy (non-hydrogen) atoms. The second-order valence-electron chi connectivity index (χ2n) is 3.57. The minimum atomic E-state index is -0.360. The highest BCUT2D eigenvalue weighted by atomic mass is 16.3. The lowest BCUT2D eigenvalue weighted by molar-refractivity contribution is 0.0946. The number of aliphatic hydroxyl groups excluding tert-OH is 1. The standard InChI is InChI=1S/C12H12N2O3/c15-6-5-13-12(17)9-7-11(16)14-10-4-2-1-3-8(9)10/h1-4,7,15H,5-6H2,(H,13,17)(H,14,16). The number of aromatic nitrogens is 1. The van der Waals surface area contributed by atoms with Crippen LogP contribution in [-0.4, -0.2) is 29.1 Å². The lowest BCUT2D eigenvalue weighted by Gasteiger charge is -2.06. The Hall–Kier alpha value is -2.14. The van der Waals surface area contributed by atoms with Gasteiger partial charge in [-0.1, -0.05) is 18.2 Å². The SMILES string of the molecule is O=C(NCCO)c1cc(=O)[nH]c2ccccc12. The van der Waals surface area contributed by atoms with E-state index in [0.29, 0.717) is 16.5 Å². The molecule has 2 rings (SSSR count). The third kappa shape index (κ3) is 2.34. The number of para-hydroxylation sites is 1. The molecule has 88 valence electrons. The molecule has 3 N–H and O–H groups in total. The average molecular weight is 232 g/mol. The van der Waals surface area contributed by atoms with Crippen molar-refractivity contribution in [1.82, 2.24) is 10.3 Å². The van der Waals surface area contributed by atoms with Crippen molar-refractivity contribution in [2.75, 3.05) is 13.2 Å². The highest BCUT2D eigenvalue weighted by Gasteiger charge is 2.10. The number of nitrogens with one attached hydrogen (secondary N) is 2. The van der Waals surface area contributed by atoms with Crippen LogP contribution >= 0.6 is 0 Å². The molecule has 2 aromatic rings. The fourth-order valence-corrected chi connectivity index (χ4v) is 1.66. The maximum atomic E-state index is 11.8. The molecule has 0 bridgehead atoms. The van der Waals surface area contributed by atoms with E-state index in [1.54, 1.807) is 24.3 Å². The van der Waals surface area contributed by atoms with E-state index in [0.717, 1.165) is 0 Å². The maximum absolute atomic E-state index is 11.8. The molecule has 1 heterocycles. The zero-order valence-corrected chi connectivity index (χ0v) is 9.06. The first-order valence-electron chi connectivity index (χ1n) is 5.23. The van der Waals surface area contributed by atoms with Crippen LogP contribution < -0.4 is 10.9 Å². The third-order valence-corrected chi connectivity index (χ3v) is 2.39. The van der Waals surface area contributed by atoms with Crippen molar-refractivity contribution in [3.8, 4) is 0 Å². The maximum Gasteiger partial charge on any atom is 0.252 e. The number of hydrogen-bond donors (Lipinski definition) is 3. The number of carbonyl (C=O) groups is 1. The van der Waals surface area contributed by atoms with Gasteiger partial charge in [-0.15, -0.1) is 0 Å². The van der Waals surface area contributed by atoms with E-state index < -0.39 is 0 Å². The van der Waals surface area contributed by atoms with Gasteiger partial charge in [0.1, 0.15) is 0 Å². The number of benzene rings is 1. The van der Waals surface area contributed by atoms with E-state index in [1.165, 1.54) is 6.07 Å². The fraction of sp³-hybridized carbons (Fsp3) is 0.167. The number of rotatable bonds is 3. The minimum Gasteiger partial charge on any atom is -0.395 e. The van der Waals surface area contributed by atoms with E-state index in [2.05, 4.69) is 10.3 Å². The topological polar surface area (TPSA) is 82.2 Å². The quantitative estimate of drug-likeness (QED) is 0.709. The number of amides is 1. The van der Waals surface area contributed by atoms with E-state index in [-0.39, 0.29) is 24.6 Å². The third-order valence-electron chi connectivity index (χ3n) is 2.39. The van der Waals surface area contributed by atoms with Crippen LogP contribution in [0.2, 0.25) is 0 Å². The van der Waals surface area contributed by atoms with E-state index in [4.69, 9.17) is 5.11 Å². The molecular formula is C12H12N2O3. The van der Waals surface area contributed by atoms with E-state index >= 15 is 0 Å². The van der Waals surface area contributed by atoms with Crippen LogP contribution in [0.5, 0.6) is 0 Å². The van der Waals surface area contributed by atoms with Gasteiger partial charge in [-0.05, 0) is 6.07 Å². The van der Waals surface area contributed by atoms with Crippen LogP contribution in [0.25, 0.3) is 10.9 Å². The Bertz CT molecular complexity index is 604. The van der Waals surface area contributed by atoms with Crippen LogP contribution in [0.3, 0.4) is 0 Å². The monoisotopic (exact) mass is 232 g/mol. The summed E-state index contributed by atoms with van der Waals surface area (Å²) in [6.07, 6.45) is 0. The van der Waals surface area contributed by atoms with E-state index in [1.807, 2.05) is 0 Å². The van der Waals surface area contributed by atoms with E-state index in [9.17, 15) is 9.59 Å². The predicted octanol–water partition coefficient (Wildman–Crippen LogP) is 0.250. The van der Waals surface area contributed by atoms with Crippen molar-refractivity contribution in [3.05, 3.63) is 46.2 Å². The molecule has 0 saturated carbocycles. The molecule has 0 unspecified atom stereocenters. The summed E-state index contributed by atoms with van der Waals surface area (Å²) in [5.41, 5.74) is 0.616. The van der Waals surface area contributed by atoms with Crippen molar-refractivity contribution in [3.63, 3.8) is 0 Å².